The van der Waals surface area contributed by atoms with Crippen molar-refractivity contribution >= 4 is 28.8 Å². The topological polar surface area (TPSA) is 72.5 Å². The van der Waals surface area contributed by atoms with E-state index in [1.54, 1.807) is 6.92 Å². The lowest BCUT2D eigenvalue weighted by Gasteiger charge is -2.20. The summed E-state index contributed by atoms with van der Waals surface area (Å²) in [7, 11) is 0. The van der Waals surface area contributed by atoms with Crippen LogP contribution in [0.5, 0.6) is 0 Å². The molecule has 1 N–H and O–H groups in total. The molecule has 0 unspecified atom stereocenters. The zero-order chi connectivity index (χ0) is 22.2. The number of nitrogens with one attached hydrogen (secondary N) is 1. The quantitative estimate of drug-likeness (QED) is 0.601. The molecule has 2 atom stereocenters. The highest BCUT2D eigenvalue weighted by atomic mass is 32.2. The maximum absolute atomic E-state index is 12.9. The van der Waals surface area contributed by atoms with Gasteiger partial charge in [0.25, 0.3) is 0 Å². The van der Waals surface area contributed by atoms with E-state index in [2.05, 4.69) is 23.5 Å². The predicted octanol–water partition coefficient (Wildman–Crippen LogP) is 3.86. The Morgan fingerprint density at radius 1 is 1.03 bits per heavy atom. The number of aryl methyl sites for hydroxylation is 2. The number of thioether (sulfide) groups is 1. The van der Waals surface area contributed by atoms with E-state index in [4.69, 9.17) is 4.74 Å². The Morgan fingerprint density at radius 3 is 2.52 bits per heavy atom. The predicted molar refractivity (Wildman–Crippen MR) is 123 cm³/mol. The average Bonchev–Trinajstić information content (AvgIpc) is 3.23. The van der Waals surface area contributed by atoms with Crippen LogP contribution in [0.4, 0.5) is 0 Å². The van der Waals surface area contributed by atoms with Crippen LogP contribution in [0, 0.1) is 5.92 Å². The van der Waals surface area contributed by atoms with E-state index in [1.807, 2.05) is 30.3 Å². The molecular formula is C25H29NO4S. The van der Waals surface area contributed by atoms with Gasteiger partial charge in [-0.15, -0.1) is 0 Å². The van der Waals surface area contributed by atoms with Gasteiger partial charge in [-0.05, 0) is 54.9 Å². The molecule has 2 aromatic carbocycles. The van der Waals surface area contributed by atoms with Crippen LogP contribution in [0.25, 0.3) is 0 Å². The molecule has 0 radical (unpaired) electrons. The largest absolute Gasteiger partial charge is 0.459 e. The Morgan fingerprint density at radius 2 is 1.77 bits per heavy atom. The van der Waals surface area contributed by atoms with Gasteiger partial charge in [-0.25, -0.2) is 4.79 Å². The summed E-state index contributed by atoms with van der Waals surface area (Å²) in [6.07, 6.45) is 3.89. The lowest BCUT2D eigenvalue weighted by atomic mass is 9.97. The maximum Gasteiger partial charge on any atom is 0.328 e. The Balaban J connectivity index is 1.59. The number of carbonyl (C=O) groups is 3. The summed E-state index contributed by atoms with van der Waals surface area (Å²) < 4.78 is 5.32. The number of esters is 1. The van der Waals surface area contributed by atoms with Crippen molar-refractivity contribution in [2.45, 2.75) is 52.2 Å². The van der Waals surface area contributed by atoms with Gasteiger partial charge in [0.15, 0.2) is 5.12 Å². The molecule has 0 saturated carbocycles. The molecule has 3 rings (SSSR count). The summed E-state index contributed by atoms with van der Waals surface area (Å²) in [4.78, 5) is 36.8. The molecule has 2 aromatic rings. The summed E-state index contributed by atoms with van der Waals surface area (Å²) >= 11 is 1.14. The van der Waals surface area contributed by atoms with Crippen molar-refractivity contribution in [1.29, 1.82) is 0 Å². The monoisotopic (exact) mass is 439 g/mol. The van der Waals surface area contributed by atoms with Crippen LogP contribution in [0.2, 0.25) is 0 Å². The number of rotatable bonds is 9. The van der Waals surface area contributed by atoms with E-state index in [9.17, 15) is 14.4 Å². The number of benzene rings is 2. The number of fused-ring (bicyclic) bond motifs is 1. The molecule has 0 fully saturated rings. The Kier molecular flexibility index (Phi) is 8.29. The highest BCUT2D eigenvalue weighted by Crippen LogP contribution is 2.25. The molecule has 0 spiro atoms. The fraction of sp³-hybridized carbons (Fsp3) is 0.400. The molecule has 0 bridgehead atoms. The van der Waals surface area contributed by atoms with Gasteiger partial charge in [0, 0.05) is 12.7 Å². The highest BCUT2D eigenvalue weighted by Gasteiger charge is 2.25. The number of carbonyl (C=O) groups excluding carboxylic acids is 3. The number of ether oxygens (including phenoxy) is 1. The summed E-state index contributed by atoms with van der Waals surface area (Å²) in [5.41, 5.74) is 4.72. The highest BCUT2D eigenvalue weighted by molar-refractivity contribution is 8.13. The molecule has 0 aliphatic heterocycles. The Bertz CT molecular complexity index is 928. The molecule has 1 amide bonds. The van der Waals surface area contributed by atoms with Crippen molar-refractivity contribution in [2.75, 3.05) is 5.75 Å². The number of hydrogen-bond acceptors (Lipinski definition) is 5. The lowest BCUT2D eigenvalue weighted by molar-refractivity contribution is -0.148. The Labute approximate surface area is 187 Å². The van der Waals surface area contributed by atoms with Gasteiger partial charge in [-0.1, -0.05) is 60.3 Å². The minimum absolute atomic E-state index is 0.0259. The van der Waals surface area contributed by atoms with E-state index >= 15 is 0 Å². The Hall–Kier alpha value is -2.60. The number of amides is 1. The normalized spacial score (nSPS) is 14.4. The van der Waals surface area contributed by atoms with Crippen LogP contribution < -0.4 is 5.32 Å². The van der Waals surface area contributed by atoms with Crippen molar-refractivity contribution in [3.8, 4) is 0 Å². The maximum atomic E-state index is 12.9. The molecule has 0 saturated heterocycles. The first-order chi connectivity index (χ1) is 14.9. The van der Waals surface area contributed by atoms with E-state index < -0.39 is 17.9 Å². The minimum Gasteiger partial charge on any atom is -0.459 e. The second kappa shape index (κ2) is 11.1. The first-order valence-electron chi connectivity index (χ1n) is 10.7. The molecule has 0 aromatic heterocycles. The van der Waals surface area contributed by atoms with Crippen LogP contribution in [0.1, 0.15) is 42.5 Å². The summed E-state index contributed by atoms with van der Waals surface area (Å²) in [5, 5.41) is 2.75. The molecule has 1 aliphatic carbocycles. The van der Waals surface area contributed by atoms with E-state index in [0.717, 1.165) is 35.7 Å². The second-order valence-corrected chi connectivity index (χ2v) is 9.18. The molecule has 164 valence electrons. The third-order valence-electron chi connectivity index (χ3n) is 5.44. The van der Waals surface area contributed by atoms with Crippen molar-refractivity contribution in [2.24, 2.45) is 5.92 Å². The van der Waals surface area contributed by atoms with Crippen LogP contribution in [0.3, 0.4) is 0 Å². The third-order valence-corrected chi connectivity index (χ3v) is 6.42. The van der Waals surface area contributed by atoms with Crippen LogP contribution in [0.15, 0.2) is 48.5 Å². The fourth-order valence-corrected chi connectivity index (χ4v) is 4.43. The van der Waals surface area contributed by atoms with Crippen molar-refractivity contribution in [1.82, 2.24) is 5.32 Å². The van der Waals surface area contributed by atoms with Gasteiger partial charge in [-0.3, -0.25) is 9.59 Å². The summed E-state index contributed by atoms with van der Waals surface area (Å²) in [6.45, 7) is 3.28. The van der Waals surface area contributed by atoms with Gasteiger partial charge < -0.3 is 10.1 Å². The summed E-state index contributed by atoms with van der Waals surface area (Å²) in [6, 6.07) is 15.0. The fourth-order valence-electron chi connectivity index (χ4n) is 3.73. The molecule has 5 nitrogen and oxygen atoms in total. The van der Waals surface area contributed by atoms with Crippen LogP contribution >= 0.6 is 11.8 Å². The average molecular weight is 440 g/mol. The van der Waals surface area contributed by atoms with Gasteiger partial charge >= 0.3 is 5.97 Å². The van der Waals surface area contributed by atoms with Crippen molar-refractivity contribution in [3.63, 3.8) is 0 Å². The first-order valence-corrected chi connectivity index (χ1v) is 11.7. The van der Waals surface area contributed by atoms with Crippen LogP contribution in [-0.4, -0.2) is 28.8 Å². The minimum atomic E-state index is -0.763. The van der Waals surface area contributed by atoms with E-state index in [1.165, 1.54) is 24.5 Å². The van der Waals surface area contributed by atoms with E-state index in [0.29, 0.717) is 12.2 Å². The molecule has 31 heavy (non-hydrogen) atoms. The smallest absolute Gasteiger partial charge is 0.328 e. The third kappa shape index (κ3) is 6.96. The van der Waals surface area contributed by atoms with Crippen molar-refractivity contribution in [3.05, 3.63) is 70.8 Å². The van der Waals surface area contributed by atoms with Crippen LogP contribution in [-0.2, 0) is 45.0 Å². The standard InChI is InChI=1S/C25H29NO4S/c1-17(25(29)30-15-19-7-4-3-5-8-19)26-24(28)23(16-31-18(2)27)14-20-11-12-21-9-6-10-22(21)13-20/h3-5,7-8,11-13,17,23H,6,9-10,14-16H2,1-2H3,(H,26,28)/t17-,23+/m0/s1. The zero-order valence-corrected chi connectivity index (χ0v) is 18.9. The molecular weight excluding hydrogens is 410 g/mol. The molecule has 1 aliphatic rings. The number of hydrogen-bond donors (Lipinski definition) is 1. The van der Waals surface area contributed by atoms with Crippen molar-refractivity contribution < 1.29 is 19.1 Å². The second-order valence-electron chi connectivity index (χ2n) is 7.98. The van der Waals surface area contributed by atoms with Gasteiger partial charge in [-0.2, -0.15) is 0 Å². The molecule has 0 heterocycles. The van der Waals surface area contributed by atoms with Gasteiger partial charge in [0.2, 0.25) is 5.91 Å². The first kappa shape index (κ1) is 23.1. The van der Waals surface area contributed by atoms with Gasteiger partial charge in [0.05, 0.1) is 5.92 Å². The van der Waals surface area contributed by atoms with Gasteiger partial charge in [0.1, 0.15) is 12.6 Å². The summed E-state index contributed by atoms with van der Waals surface area (Å²) in [5.74, 6) is -0.742. The SMILES string of the molecule is CC(=O)SC[C@@H](Cc1ccc2c(c1)CCC2)C(=O)N[C@@H](C)C(=O)OCc1ccccc1. The molecule has 6 heteroatoms. The van der Waals surface area contributed by atoms with E-state index in [-0.39, 0.29) is 17.6 Å². The zero-order valence-electron chi connectivity index (χ0n) is 18.1. The lowest BCUT2D eigenvalue weighted by Crippen LogP contribution is -2.43.